The van der Waals surface area contributed by atoms with Crippen molar-refractivity contribution < 1.29 is 0 Å². The second-order valence-electron chi connectivity index (χ2n) is 5.38. The third kappa shape index (κ3) is 3.26. The van der Waals surface area contributed by atoms with E-state index in [1.54, 1.807) is 0 Å². The van der Waals surface area contributed by atoms with Gasteiger partial charge in [-0.2, -0.15) is 0 Å². The van der Waals surface area contributed by atoms with Crippen LogP contribution < -0.4 is 10.6 Å². The molecule has 0 radical (unpaired) electrons. The summed E-state index contributed by atoms with van der Waals surface area (Å²) in [5, 5.41) is 6.86. The monoisotopic (exact) mass is 268 g/mol. The third-order valence-corrected chi connectivity index (χ3v) is 3.43. The van der Waals surface area contributed by atoms with Gasteiger partial charge in [-0.1, -0.05) is 30.3 Å². The Morgan fingerprint density at radius 1 is 1.10 bits per heavy atom. The molecule has 0 amide bonds. The van der Waals surface area contributed by atoms with E-state index >= 15 is 0 Å². The molecule has 1 aromatic carbocycles. The van der Waals surface area contributed by atoms with Crippen LogP contribution in [-0.2, 0) is 0 Å². The summed E-state index contributed by atoms with van der Waals surface area (Å²) in [5.74, 6) is 2.58. The summed E-state index contributed by atoms with van der Waals surface area (Å²) in [5.41, 5.74) is 1.25. The number of rotatable bonds is 5. The molecule has 0 spiro atoms. The Labute approximate surface area is 119 Å². The zero-order valence-electron chi connectivity index (χ0n) is 11.9. The van der Waals surface area contributed by atoms with Crippen LogP contribution in [0.1, 0.15) is 37.2 Å². The van der Waals surface area contributed by atoms with Gasteiger partial charge in [0, 0.05) is 18.2 Å². The topological polar surface area (TPSA) is 49.8 Å². The van der Waals surface area contributed by atoms with Gasteiger partial charge in [0.25, 0.3) is 0 Å². The Bertz CT molecular complexity index is 578. The summed E-state index contributed by atoms with van der Waals surface area (Å²) in [4.78, 5) is 8.90. The second-order valence-corrected chi connectivity index (χ2v) is 5.38. The van der Waals surface area contributed by atoms with Crippen LogP contribution in [0.2, 0.25) is 0 Å². The first-order chi connectivity index (χ1) is 9.70. The number of benzene rings is 1. The summed E-state index contributed by atoms with van der Waals surface area (Å²) in [6.07, 6.45) is 2.48. The highest BCUT2D eigenvalue weighted by Crippen LogP contribution is 2.25. The molecular formula is C16H20N4. The molecule has 4 nitrogen and oxygen atoms in total. The van der Waals surface area contributed by atoms with Crippen LogP contribution in [0.5, 0.6) is 0 Å². The lowest BCUT2D eigenvalue weighted by Gasteiger charge is -2.16. The van der Waals surface area contributed by atoms with E-state index in [2.05, 4.69) is 51.8 Å². The molecule has 2 N–H and O–H groups in total. The number of nitrogens with one attached hydrogen (secondary N) is 2. The third-order valence-electron chi connectivity index (χ3n) is 3.43. The number of hydrogen-bond donors (Lipinski definition) is 2. The first-order valence-corrected chi connectivity index (χ1v) is 7.14. The average molecular weight is 268 g/mol. The quantitative estimate of drug-likeness (QED) is 0.871. The number of hydrogen-bond acceptors (Lipinski definition) is 4. The standard InChI is InChI=1S/C16H20N4/c1-11(13-6-4-3-5-7-13)17-15-10-16(19-12(2)18-15)20-14-8-9-14/h3-7,10-11,14H,8-9H2,1-2H3,(H2,17,18,19,20). The van der Waals surface area contributed by atoms with Crippen molar-refractivity contribution in [1.82, 2.24) is 9.97 Å². The molecule has 1 aliphatic carbocycles. The minimum atomic E-state index is 0.222. The van der Waals surface area contributed by atoms with E-state index in [1.165, 1.54) is 18.4 Å². The molecule has 1 heterocycles. The van der Waals surface area contributed by atoms with Gasteiger partial charge in [0.05, 0.1) is 0 Å². The van der Waals surface area contributed by atoms with Crippen molar-refractivity contribution in [1.29, 1.82) is 0 Å². The van der Waals surface area contributed by atoms with Crippen molar-refractivity contribution in [3.8, 4) is 0 Å². The first kappa shape index (κ1) is 12.9. The largest absolute Gasteiger partial charge is 0.367 e. The highest BCUT2D eigenvalue weighted by Gasteiger charge is 2.21. The van der Waals surface area contributed by atoms with Gasteiger partial charge in [-0.05, 0) is 32.3 Å². The van der Waals surface area contributed by atoms with Crippen molar-refractivity contribution in [3.05, 3.63) is 47.8 Å². The number of anilines is 2. The van der Waals surface area contributed by atoms with Gasteiger partial charge in [-0.25, -0.2) is 9.97 Å². The molecule has 1 unspecified atom stereocenters. The lowest BCUT2D eigenvalue weighted by Crippen LogP contribution is -2.11. The summed E-state index contributed by atoms with van der Waals surface area (Å²) < 4.78 is 0. The predicted molar refractivity (Wildman–Crippen MR) is 81.9 cm³/mol. The Kier molecular flexibility index (Phi) is 3.54. The Balaban J connectivity index is 1.74. The zero-order chi connectivity index (χ0) is 13.9. The molecule has 1 aliphatic rings. The van der Waals surface area contributed by atoms with Gasteiger partial charge in [0.2, 0.25) is 0 Å². The van der Waals surface area contributed by atoms with E-state index in [0.29, 0.717) is 6.04 Å². The molecule has 1 fully saturated rings. The molecule has 0 saturated heterocycles. The van der Waals surface area contributed by atoms with Crippen molar-refractivity contribution in [2.24, 2.45) is 0 Å². The van der Waals surface area contributed by atoms with Crippen LogP contribution in [0.4, 0.5) is 11.6 Å². The van der Waals surface area contributed by atoms with Crippen LogP contribution in [-0.4, -0.2) is 16.0 Å². The molecule has 1 atom stereocenters. The van der Waals surface area contributed by atoms with Crippen molar-refractivity contribution in [3.63, 3.8) is 0 Å². The molecule has 1 aromatic heterocycles. The van der Waals surface area contributed by atoms with E-state index in [-0.39, 0.29) is 6.04 Å². The van der Waals surface area contributed by atoms with Crippen LogP contribution in [0.3, 0.4) is 0 Å². The second kappa shape index (κ2) is 5.49. The van der Waals surface area contributed by atoms with Crippen LogP contribution in [0.25, 0.3) is 0 Å². The minimum absolute atomic E-state index is 0.222. The number of nitrogens with zero attached hydrogens (tertiary/aromatic N) is 2. The van der Waals surface area contributed by atoms with Crippen LogP contribution >= 0.6 is 0 Å². The molecule has 0 bridgehead atoms. The Morgan fingerprint density at radius 3 is 2.50 bits per heavy atom. The fraction of sp³-hybridized carbons (Fsp3) is 0.375. The van der Waals surface area contributed by atoms with Gasteiger partial charge in [-0.15, -0.1) is 0 Å². The van der Waals surface area contributed by atoms with E-state index < -0.39 is 0 Å². The highest BCUT2D eigenvalue weighted by atomic mass is 15.1. The SMILES string of the molecule is Cc1nc(NC2CC2)cc(NC(C)c2ccccc2)n1. The molecular weight excluding hydrogens is 248 g/mol. The molecule has 2 aromatic rings. The first-order valence-electron chi connectivity index (χ1n) is 7.14. The summed E-state index contributed by atoms with van der Waals surface area (Å²) >= 11 is 0. The minimum Gasteiger partial charge on any atom is -0.367 e. The van der Waals surface area contributed by atoms with E-state index in [9.17, 15) is 0 Å². The maximum atomic E-state index is 4.46. The lowest BCUT2D eigenvalue weighted by molar-refractivity contribution is 0.866. The number of aromatic nitrogens is 2. The maximum Gasteiger partial charge on any atom is 0.132 e. The Morgan fingerprint density at radius 2 is 1.80 bits per heavy atom. The fourth-order valence-corrected chi connectivity index (χ4v) is 2.20. The lowest BCUT2D eigenvalue weighted by atomic mass is 10.1. The van der Waals surface area contributed by atoms with Crippen molar-refractivity contribution in [2.75, 3.05) is 10.6 Å². The molecule has 0 aliphatic heterocycles. The van der Waals surface area contributed by atoms with Gasteiger partial charge in [0.1, 0.15) is 17.5 Å². The molecule has 20 heavy (non-hydrogen) atoms. The predicted octanol–water partition coefficient (Wildman–Crippen LogP) is 3.53. The maximum absolute atomic E-state index is 4.46. The van der Waals surface area contributed by atoms with Gasteiger partial charge < -0.3 is 10.6 Å². The summed E-state index contributed by atoms with van der Waals surface area (Å²) in [6.45, 7) is 4.07. The van der Waals surface area contributed by atoms with E-state index in [1.807, 2.05) is 19.1 Å². The smallest absolute Gasteiger partial charge is 0.132 e. The fourth-order valence-electron chi connectivity index (χ4n) is 2.20. The van der Waals surface area contributed by atoms with E-state index in [4.69, 9.17) is 0 Å². The molecule has 4 heteroatoms. The molecule has 3 rings (SSSR count). The summed E-state index contributed by atoms with van der Waals surface area (Å²) in [6, 6.07) is 13.2. The zero-order valence-corrected chi connectivity index (χ0v) is 11.9. The van der Waals surface area contributed by atoms with Gasteiger partial charge in [-0.3, -0.25) is 0 Å². The van der Waals surface area contributed by atoms with Gasteiger partial charge >= 0.3 is 0 Å². The van der Waals surface area contributed by atoms with Crippen molar-refractivity contribution in [2.45, 2.75) is 38.8 Å². The van der Waals surface area contributed by atoms with E-state index in [0.717, 1.165) is 17.5 Å². The van der Waals surface area contributed by atoms with Crippen LogP contribution in [0, 0.1) is 6.92 Å². The highest BCUT2D eigenvalue weighted by molar-refractivity contribution is 5.49. The normalized spacial score (nSPS) is 15.7. The molecule has 104 valence electrons. The van der Waals surface area contributed by atoms with Crippen molar-refractivity contribution >= 4 is 11.6 Å². The average Bonchev–Trinajstić information content (AvgIpc) is 3.23. The van der Waals surface area contributed by atoms with Gasteiger partial charge in [0.15, 0.2) is 0 Å². The molecule has 1 saturated carbocycles. The number of aryl methyl sites for hydroxylation is 1. The summed E-state index contributed by atoms with van der Waals surface area (Å²) in [7, 11) is 0. The van der Waals surface area contributed by atoms with Crippen LogP contribution in [0.15, 0.2) is 36.4 Å². The Hall–Kier alpha value is -2.10.